The van der Waals surface area contributed by atoms with Crippen LogP contribution in [0, 0.1) is 0 Å². The van der Waals surface area contributed by atoms with Gasteiger partial charge in [0.25, 0.3) is 5.91 Å². The number of carbonyl (C=O) groups is 1. The molecule has 30 heavy (non-hydrogen) atoms. The van der Waals surface area contributed by atoms with Gasteiger partial charge in [-0.15, -0.1) is 0 Å². The van der Waals surface area contributed by atoms with Crippen LogP contribution in [0.25, 0.3) is 0 Å². The van der Waals surface area contributed by atoms with Crippen molar-refractivity contribution in [1.29, 1.82) is 0 Å². The molecule has 0 spiro atoms. The molecule has 0 radical (unpaired) electrons. The first-order valence-corrected chi connectivity index (χ1v) is 10.8. The van der Waals surface area contributed by atoms with Crippen LogP contribution in [-0.2, 0) is 4.74 Å². The van der Waals surface area contributed by atoms with Crippen LogP contribution in [0.2, 0.25) is 0 Å². The Morgan fingerprint density at radius 1 is 0.933 bits per heavy atom. The minimum Gasteiger partial charge on any atom is -0.490 e. The van der Waals surface area contributed by atoms with E-state index in [0.29, 0.717) is 5.92 Å². The van der Waals surface area contributed by atoms with Crippen LogP contribution in [0.3, 0.4) is 0 Å². The van der Waals surface area contributed by atoms with Gasteiger partial charge in [-0.25, -0.2) is 0 Å². The molecular formula is C24H27NO5. The van der Waals surface area contributed by atoms with E-state index in [4.69, 9.17) is 18.9 Å². The third kappa shape index (κ3) is 4.24. The summed E-state index contributed by atoms with van der Waals surface area (Å²) >= 11 is 0. The van der Waals surface area contributed by atoms with Crippen molar-refractivity contribution >= 4 is 5.91 Å². The van der Waals surface area contributed by atoms with Crippen molar-refractivity contribution in [2.75, 3.05) is 20.0 Å². The zero-order valence-electron chi connectivity index (χ0n) is 17.0. The maximum atomic E-state index is 12.6. The van der Waals surface area contributed by atoms with E-state index in [1.807, 2.05) is 30.3 Å². The molecule has 1 saturated carbocycles. The van der Waals surface area contributed by atoms with Crippen molar-refractivity contribution in [2.24, 2.45) is 0 Å². The Balaban J connectivity index is 1.10. The highest BCUT2D eigenvalue weighted by Gasteiger charge is 2.25. The van der Waals surface area contributed by atoms with Crippen molar-refractivity contribution in [2.45, 2.75) is 50.2 Å². The van der Waals surface area contributed by atoms with E-state index in [1.54, 1.807) is 0 Å². The molecule has 2 aliphatic heterocycles. The highest BCUT2D eigenvalue weighted by molar-refractivity contribution is 5.94. The number of nitrogens with one attached hydrogen (secondary N) is 1. The Bertz CT molecular complexity index is 883. The van der Waals surface area contributed by atoms with Crippen molar-refractivity contribution in [3.05, 3.63) is 53.6 Å². The summed E-state index contributed by atoms with van der Waals surface area (Å²) in [5, 5.41) is 3.19. The number of ether oxygens (including phenoxy) is 4. The van der Waals surface area contributed by atoms with Crippen LogP contribution in [-0.4, -0.2) is 38.1 Å². The molecule has 0 bridgehead atoms. The number of amides is 1. The normalized spacial score (nSPS) is 25.1. The predicted octanol–water partition coefficient (Wildman–Crippen LogP) is 4.04. The largest absolute Gasteiger partial charge is 0.490 e. The van der Waals surface area contributed by atoms with Gasteiger partial charge in [0, 0.05) is 30.2 Å². The molecule has 2 fully saturated rings. The molecule has 6 heteroatoms. The molecule has 2 heterocycles. The molecule has 5 rings (SSSR count). The topological polar surface area (TPSA) is 66.0 Å². The fourth-order valence-corrected chi connectivity index (χ4v) is 4.44. The highest BCUT2D eigenvalue weighted by atomic mass is 16.7. The molecule has 1 saturated heterocycles. The monoisotopic (exact) mass is 409 g/mol. The third-order valence-corrected chi connectivity index (χ3v) is 6.23. The fraction of sp³-hybridized carbons (Fsp3) is 0.458. The Kier molecular flexibility index (Phi) is 5.49. The molecule has 2 aromatic rings. The molecule has 158 valence electrons. The van der Waals surface area contributed by atoms with Gasteiger partial charge in [0.1, 0.15) is 5.75 Å². The highest BCUT2D eigenvalue weighted by Crippen LogP contribution is 2.36. The Labute approximate surface area is 176 Å². The summed E-state index contributed by atoms with van der Waals surface area (Å²) in [7, 11) is 0. The van der Waals surface area contributed by atoms with Crippen molar-refractivity contribution in [3.8, 4) is 17.2 Å². The van der Waals surface area contributed by atoms with Crippen molar-refractivity contribution in [1.82, 2.24) is 5.32 Å². The van der Waals surface area contributed by atoms with Gasteiger partial charge in [0.2, 0.25) is 6.79 Å². The molecule has 1 N–H and O–H groups in total. The van der Waals surface area contributed by atoms with Gasteiger partial charge in [-0.1, -0.05) is 12.1 Å². The van der Waals surface area contributed by atoms with Crippen LogP contribution in [0.15, 0.2) is 42.5 Å². The van der Waals surface area contributed by atoms with Crippen LogP contribution in [0.5, 0.6) is 17.2 Å². The Morgan fingerprint density at radius 3 is 2.50 bits per heavy atom. The number of hydrogen-bond acceptors (Lipinski definition) is 5. The zero-order chi connectivity index (χ0) is 20.3. The maximum absolute atomic E-state index is 12.6. The predicted molar refractivity (Wildman–Crippen MR) is 111 cm³/mol. The molecule has 1 unspecified atom stereocenters. The van der Waals surface area contributed by atoms with E-state index in [2.05, 4.69) is 17.4 Å². The average molecular weight is 409 g/mol. The second-order valence-electron chi connectivity index (χ2n) is 8.26. The number of hydrogen-bond donors (Lipinski definition) is 1. The molecule has 6 nitrogen and oxygen atoms in total. The summed E-state index contributed by atoms with van der Waals surface area (Å²) < 4.78 is 22.3. The minimum absolute atomic E-state index is 0.00404. The Hall–Kier alpha value is -2.73. The number of carbonyl (C=O) groups excluding carboxylic acids is 1. The molecule has 1 aliphatic carbocycles. The first-order valence-electron chi connectivity index (χ1n) is 10.8. The van der Waals surface area contributed by atoms with E-state index in [-0.39, 0.29) is 24.8 Å². The third-order valence-electron chi connectivity index (χ3n) is 6.23. The molecule has 1 amide bonds. The molecule has 0 aromatic heterocycles. The van der Waals surface area contributed by atoms with Gasteiger partial charge in [0.05, 0.1) is 12.7 Å². The standard InChI is InChI=1S/C24H27NO5/c26-24(17-3-1-16(2-4-17)18-11-12-27-14-18)25-19-5-7-20(8-6-19)30-21-9-10-22-23(13-21)29-15-28-22/h1-4,9-10,13,18-20H,5-8,11-12,14-15H2,(H,25,26). The number of fused-ring (bicyclic) bond motifs is 1. The van der Waals surface area contributed by atoms with Crippen LogP contribution < -0.4 is 19.5 Å². The first-order chi connectivity index (χ1) is 14.7. The Morgan fingerprint density at radius 2 is 1.73 bits per heavy atom. The first kappa shape index (κ1) is 19.2. The summed E-state index contributed by atoms with van der Waals surface area (Å²) in [6.07, 6.45) is 4.88. The number of benzene rings is 2. The van der Waals surface area contributed by atoms with Gasteiger partial charge in [-0.05, 0) is 61.9 Å². The van der Waals surface area contributed by atoms with Gasteiger partial charge in [-0.3, -0.25) is 4.79 Å². The van der Waals surface area contributed by atoms with Crippen molar-refractivity contribution in [3.63, 3.8) is 0 Å². The van der Waals surface area contributed by atoms with Crippen LogP contribution in [0.4, 0.5) is 0 Å². The van der Waals surface area contributed by atoms with Gasteiger partial charge >= 0.3 is 0 Å². The summed E-state index contributed by atoms with van der Waals surface area (Å²) in [4.78, 5) is 12.6. The maximum Gasteiger partial charge on any atom is 0.251 e. The SMILES string of the molecule is O=C(NC1CCC(Oc2ccc3c(c2)OCO3)CC1)c1ccc(C2CCOC2)cc1. The zero-order valence-corrected chi connectivity index (χ0v) is 17.0. The molecule has 3 aliphatic rings. The van der Waals surface area contributed by atoms with E-state index in [0.717, 1.165) is 68.1 Å². The lowest BCUT2D eigenvalue weighted by Crippen LogP contribution is -2.39. The number of rotatable bonds is 5. The van der Waals surface area contributed by atoms with Crippen LogP contribution in [0.1, 0.15) is 53.9 Å². The van der Waals surface area contributed by atoms with E-state index in [1.165, 1.54) is 5.56 Å². The lowest BCUT2D eigenvalue weighted by Gasteiger charge is -2.29. The van der Waals surface area contributed by atoms with E-state index >= 15 is 0 Å². The second kappa shape index (κ2) is 8.56. The minimum atomic E-state index is 0.00404. The van der Waals surface area contributed by atoms with Gasteiger partial charge in [-0.2, -0.15) is 0 Å². The van der Waals surface area contributed by atoms with E-state index in [9.17, 15) is 4.79 Å². The average Bonchev–Trinajstić information content (AvgIpc) is 3.47. The summed E-state index contributed by atoms with van der Waals surface area (Å²) in [5.74, 6) is 2.77. The van der Waals surface area contributed by atoms with Gasteiger partial charge < -0.3 is 24.3 Å². The summed E-state index contributed by atoms with van der Waals surface area (Å²) in [6.45, 7) is 1.87. The summed E-state index contributed by atoms with van der Waals surface area (Å²) in [5.41, 5.74) is 1.97. The second-order valence-corrected chi connectivity index (χ2v) is 8.26. The summed E-state index contributed by atoms with van der Waals surface area (Å²) in [6, 6.07) is 13.9. The molecular weight excluding hydrogens is 382 g/mol. The smallest absolute Gasteiger partial charge is 0.251 e. The lowest BCUT2D eigenvalue weighted by atomic mass is 9.92. The fourth-order valence-electron chi connectivity index (χ4n) is 4.44. The molecule has 2 aromatic carbocycles. The molecule has 1 atom stereocenters. The van der Waals surface area contributed by atoms with Gasteiger partial charge in [0.15, 0.2) is 11.5 Å². The van der Waals surface area contributed by atoms with E-state index < -0.39 is 0 Å². The lowest BCUT2D eigenvalue weighted by molar-refractivity contribution is 0.0893. The van der Waals surface area contributed by atoms with Crippen LogP contribution >= 0.6 is 0 Å². The van der Waals surface area contributed by atoms with Crippen molar-refractivity contribution < 1.29 is 23.7 Å². The quantitative estimate of drug-likeness (QED) is 0.807.